The van der Waals surface area contributed by atoms with E-state index in [1.165, 1.54) is 11.3 Å². The Morgan fingerprint density at radius 2 is 1.79 bits per heavy atom. The molecule has 29 heavy (non-hydrogen) atoms. The molecule has 0 aliphatic heterocycles. The highest BCUT2D eigenvalue weighted by atomic mass is 32.1. The van der Waals surface area contributed by atoms with Crippen molar-refractivity contribution in [3.05, 3.63) is 82.3 Å². The number of esters is 1. The number of benzene rings is 2. The number of hydrogen-bond donors (Lipinski definition) is 1. The molecule has 0 unspecified atom stereocenters. The fourth-order valence-corrected chi connectivity index (χ4v) is 3.15. The molecule has 0 saturated carbocycles. The highest BCUT2D eigenvalue weighted by molar-refractivity contribution is 7.12. The molecular formula is C21H15N3O4S. The van der Waals surface area contributed by atoms with Crippen LogP contribution in [0.25, 0.3) is 11.5 Å². The van der Waals surface area contributed by atoms with Crippen molar-refractivity contribution in [1.29, 1.82) is 0 Å². The maximum atomic E-state index is 12.3. The number of thiophene rings is 1. The number of aromatic nitrogens is 2. The third-order valence-electron chi connectivity index (χ3n) is 3.96. The van der Waals surface area contributed by atoms with E-state index < -0.39 is 5.97 Å². The third kappa shape index (κ3) is 4.39. The van der Waals surface area contributed by atoms with Gasteiger partial charge in [-0.3, -0.25) is 4.79 Å². The van der Waals surface area contributed by atoms with Gasteiger partial charge < -0.3 is 14.6 Å². The van der Waals surface area contributed by atoms with E-state index in [9.17, 15) is 9.59 Å². The van der Waals surface area contributed by atoms with Gasteiger partial charge >= 0.3 is 5.97 Å². The number of carbonyl (C=O) groups excluding carboxylic acids is 2. The zero-order valence-electron chi connectivity index (χ0n) is 15.3. The van der Waals surface area contributed by atoms with E-state index >= 15 is 0 Å². The summed E-state index contributed by atoms with van der Waals surface area (Å²) in [5, 5.41) is 8.37. The lowest BCUT2D eigenvalue weighted by atomic mass is 10.1. The van der Waals surface area contributed by atoms with Crippen LogP contribution in [0.15, 0.2) is 70.6 Å². The molecule has 0 atom stereocenters. The van der Waals surface area contributed by atoms with E-state index in [4.69, 9.17) is 9.26 Å². The fraction of sp³-hybridized carbons (Fsp3) is 0.0476. The number of hydrogen-bond acceptors (Lipinski definition) is 7. The summed E-state index contributed by atoms with van der Waals surface area (Å²) < 4.78 is 10.5. The molecule has 1 amide bonds. The van der Waals surface area contributed by atoms with Gasteiger partial charge in [0.25, 0.3) is 11.8 Å². The number of aryl methyl sites for hydroxylation is 1. The average molecular weight is 405 g/mol. The molecule has 2 heterocycles. The van der Waals surface area contributed by atoms with Crippen molar-refractivity contribution < 1.29 is 18.8 Å². The minimum atomic E-state index is -0.492. The lowest BCUT2D eigenvalue weighted by molar-refractivity contribution is 0.0734. The van der Waals surface area contributed by atoms with Crippen LogP contribution in [-0.4, -0.2) is 22.0 Å². The molecule has 2 aromatic heterocycles. The Morgan fingerprint density at radius 3 is 2.41 bits per heavy atom. The first-order valence-corrected chi connectivity index (χ1v) is 9.54. The van der Waals surface area contributed by atoms with Crippen molar-refractivity contribution in [3.63, 3.8) is 0 Å². The first kappa shape index (κ1) is 18.6. The molecule has 0 aliphatic carbocycles. The minimum absolute atomic E-state index is 0.179. The van der Waals surface area contributed by atoms with Crippen molar-refractivity contribution in [2.75, 3.05) is 5.32 Å². The number of nitrogens with one attached hydrogen (secondary N) is 1. The smallest absolute Gasteiger partial charge is 0.343 e. The minimum Gasteiger partial charge on any atom is -0.423 e. The van der Waals surface area contributed by atoms with Gasteiger partial charge in [-0.15, -0.1) is 11.3 Å². The third-order valence-corrected chi connectivity index (χ3v) is 4.83. The molecule has 8 heteroatoms. The van der Waals surface area contributed by atoms with Gasteiger partial charge in [0.05, 0.1) is 10.4 Å². The van der Waals surface area contributed by atoms with E-state index in [0.29, 0.717) is 39.2 Å². The molecule has 0 aliphatic rings. The van der Waals surface area contributed by atoms with Gasteiger partial charge in [0.15, 0.2) is 5.82 Å². The van der Waals surface area contributed by atoms with Gasteiger partial charge in [-0.1, -0.05) is 11.2 Å². The SMILES string of the molecule is Cc1noc(-c2ccc(C(=O)Oc3ccc(NC(=O)c4cccs4)cc3)cc2)n1. The lowest BCUT2D eigenvalue weighted by Gasteiger charge is -2.07. The Hall–Kier alpha value is -3.78. The van der Waals surface area contributed by atoms with Crippen LogP contribution in [0.5, 0.6) is 5.75 Å². The van der Waals surface area contributed by atoms with E-state index in [1.54, 1.807) is 61.5 Å². The van der Waals surface area contributed by atoms with Gasteiger partial charge in [-0.2, -0.15) is 4.98 Å². The van der Waals surface area contributed by atoms with Gasteiger partial charge in [-0.25, -0.2) is 4.79 Å². The Labute approximate surface area is 170 Å². The topological polar surface area (TPSA) is 94.3 Å². The Balaban J connectivity index is 1.38. The monoisotopic (exact) mass is 405 g/mol. The number of amides is 1. The molecule has 2 aromatic carbocycles. The maximum absolute atomic E-state index is 12.3. The molecule has 0 spiro atoms. The first-order valence-electron chi connectivity index (χ1n) is 8.66. The summed E-state index contributed by atoms with van der Waals surface area (Å²) in [5.41, 5.74) is 1.72. The predicted molar refractivity (Wildman–Crippen MR) is 108 cm³/mol. The van der Waals surface area contributed by atoms with Crippen LogP contribution in [-0.2, 0) is 0 Å². The molecule has 1 N–H and O–H groups in total. The second-order valence-electron chi connectivity index (χ2n) is 6.07. The van der Waals surface area contributed by atoms with Gasteiger partial charge in [0.2, 0.25) is 0 Å². The van der Waals surface area contributed by atoms with E-state index in [1.807, 2.05) is 11.4 Å². The summed E-state index contributed by atoms with van der Waals surface area (Å²) in [4.78, 5) is 29.2. The van der Waals surface area contributed by atoms with Gasteiger partial charge in [-0.05, 0) is 66.9 Å². The Morgan fingerprint density at radius 1 is 1.03 bits per heavy atom. The zero-order valence-corrected chi connectivity index (χ0v) is 16.1. The summed E-state index contributed by atoms with van der Waals surface area (Å²) in [5.74, 6) is 0.636. The normalized spacial score (nSPS) is 10.5. The van der Waals surface area contributed by atoms with Crippen molar-refractivity contribution in [2.45, 2.75) is 6.92 Å². The quantitative estimate of drug-likeness (QED) is 0.386. The van der Waals surface area contributed by atoms with E-state index in [-0.39, 0.29) is 5.91 Å². The average Bonchev–Trinajstić information content (AvgIpc) is 3.41. The Kier molecular flexibility index (Phi) is 5.17. The van der Waals surface area contributed by atoms with Crippen LogP contribution in [0.3, 0.4) is 0 Å². The molecular weight excluding hydrogens is 390 g/mol. The van der Waals surface area contributed by atoms with Gasteiger partial charge in [0, 0.05) is 11.3 Å². The molecule has 0 saturated heterocycles. The molecule has 0 fully saturated rings. The van der Waals surface area contributed by atoms with Crippen molar-refractivity contribution in [3.8, 4) is 17.2 Å². The number of rotatable bonds is 5. The molecule has 0 radical (unpaired) electrons. The van der Waals surface area contributed by atoms with Crippen LogP contribution >= 0.6 is 11.3 Å². The van der Waals surface area contributed by atoms with Crippen LogP contribution in [0.2, 0.25) is 0 Å². The number of anilines is 1. The summed E-state index contributed by atoms with van der Waals surface area (Å²) >= 11 is 1.37. The molecule has 144 valence electrons. The maximum Gasteiger partial charge on any atom is 0.343 e. The zero-order chi connectivity index (χ0) is 20.2. The molecule has 0 bridgehead atoms. The summed E-state index contributed by atoms with van der Waals surface area (Å²) in [6, 6.07) is 16.9. The van der Waals surface area contributed by atoms with Crippen molar-refractivity contribution in [2.24, 2.45) is 0 Å². The van der Waals surface area contributed by atoms with E-state index in [2.05, 4.69) is 15.5 Å². The predicted octanol–water partition coefficient (Wildman–Crippen LogP) is 4.58. The molecule has 4 aromatic rings. The highest BCUT2D eigenvalue weighted by Gasteiger charge is 2.12. The van der Waals surface area contributed by atoms with Crippen molar-refractivity contribution in [1.82, 2.24) is 10.1 Å². The molecule has 4 rings (SSSR count). The largest absolute Gasteiger partial charge is 0.423 e. The first-order chi connectivity index (χ1) is 14.1. The van der Waals surface area contributed by atoms with E-state index in [0.717, 1.165) is 0 Å². The standard InChI is InChI=1S/C21H15N3O4S/c1-13-22-20(28-24-13)14-4-6-15(7-5-14)21(26)27-17-10-8-16(9-11-17)23-19(25)18-3-2-12-29-18/h2-12H,1H3,(H,23,25). The number of nitrogens with zero attached hydrogens (tertiary/aromatic N) is 2. The fourth-order valence-electron chi connectivity index (χ4n) is 2.54. The highest BCUT2D eigenvalue weighted by Crippen LogP contribution is 2.21. The number of carbonyl (C=O) groups is 2. The summed E-state index contributed by atoms with van der Waals surface area (Å²) in [6.07, 6.45) is 0. The van der Waals surface area contributed by atoms with Crippen LogP contribution in [0.1, 0.15) is 25.9 Å². The van der Waals surface area contributed by atoms with Crippen LogP contribution in [0.4, 0.5) is 5.69 Å². The van der Waals surface area contributed by atoms with Crippen LogP contribution in [0, 0.1) is 6.92 Å². The second-order valence-corrected chi connectivity index (χ2v) is 7.02. The summed E-state index contributed by atoms with van der Waals surface area (Å²) in [7, 11) is 0. The summed E-state index contributed by atoms with van der Waals surface area (Å²) in [6.45, 7) is 1.73. The Bertz CT molecular complexity index is 1130. The number of ether oxygens (including phenoxy) is 1. The molecule has 7 nitrogen and oxygen atoms in total. The second kappa shape index (κ2) is 8.07. The van der Waals surface area contributed by atoms with Crippen molar-refractivity contribution >= 4 is 28.9 Å². The van der Waals surface area contributed by atoms with Crippen LogP contribution < -0.4 is 10.1 Å². The van der Waals surface area contributed by atoms with Gasteiger partial charge in [0.1, 0.15) is 5.75 Å². The lowest BCUT2D eigenvalue weighted by Crippen LogP contribution is -2.10.